The highest BCUT2D eigenvalue weighted by Crippen LogP contribution is 2.21. The summed E-state index contributed by atoms with van der Waals surface area (Å²) in [5, 5.41) is 8.76. The number of pyridine rings is 1. The highest BCUT2D eigenvalue weighted by molar-refractivity contribution is 5.48. The van der Waals surface area contributed by atoms with Gasteiger partial charge in [0.1, 0.15) is 24.1 Å². The maximum Gasteiger partial charge on any atom is 0.140 e. The van der Waals surface area contributed by atoms with Crippen molar-refractivity contribution < 1.29 is 4.74 Å². The third-order valence-corrected chi connectivity index (χ3v) is 2.55. The first-order chi connectivity index (χ1) is 8.69. The summed E-state index contributed by atoms with van der Waals surface area (Å²) in [6.07, 6.45) is 1.60. The van der Waals surface area contributed by atoms with Crippen LogP contribution in [0.4, 0.5) is 5.69 Å². The molecule has 2 aromatic rings. The summed E-state index contributed by atoms with van der Waals surface area (Å²) in [4.78, 5) is 3.91. The van der Waals surface area contributed by atoms with Crippen LogP contribution in [-0.2, 0) is 6.61 Å². The Bertz CT molecular complexity index is 602. The van der Waals surface area contributed by atoms with E-state index >= 15 is 0 Å². The fourth-order valence-electron chi connectivity index (χ4n) is 1.56. The van der Waals surface area contributed by atoms with Crippen molar-refractivity contribution in [2.45, 2.75) is 13.5 Å². The fraction of sp³-hybridized carbons (Fsp3) is 0.143. The van der Waals surface area contributed by atoms with Gasteiger partial charge in [0.15, 0.2) is 0 Å². The minimum atomic E-state index is 0.389. The Morgan fingerprint density at radius 2 is 2.17 bits per heavy atom. The van der Waals surface area contributed by atoms with Gasteiger partial charge in [0.2, 0.25) is 0 Å². The smallest absolute Gasteiger partial charge is 0.140 e. The van der Waals surface area contributed by atoms with Crippen molar-refractivity contribution in [1.82, 2.24) is 4.98 Å². The molecule has 0 saturated heterocycles. The SMILES string of the molecule is Cc1ccc(N)cc1OCc1ccnc(C#N)c1. The van der Waals surface area contributed by atoms with Crippen LogP contribution in [0.5, 0.6) is 5.75 Å². The normalized spacial score (nSPS) is 9.78. The van der Waals surface area contributed by atoms with Crippen LogP contribution in [0.1, 0.15) is 16.8 Å². The summed E-state index contributed by atoms with van der Waals surface area (Å²) in [5.41, 5.74) is 8.70. The van der Waals surface area contributed by atoms with Crippen molar-refractivity contribution in [1.29, 1.82) is 5.26 Å². The molecule has 0 saturated carbocycles. The fourth-order valence-corrected chi connectivity index (χ4v) is 1.56. The molecular weight excluding hydrogens is 226 g/mol. The first kappa shape index (κ1) is 11.9. The van der Waals surface area contributed by atoms with E-state index in [4.69, 9.17) is 15.7 Å². The molecule has 0 amide bonds. The number of nitrogen functional groups attached to an aromatic ring is 1. The lowest BCUT2D eigenvalue weighted by molar-refractivity contribution is 0.304. The number of aryl methyl sites for hydroxylation is 1. The van der Waals surface area contributed by atoms with E-state index in [2.05, 4.69) is 4.98 Å². The lowest BCUT2D eigenvalue weighted by Gasteiger charge is -2.09. The van der Waals surface area contributed by atoms with Crippen molar-refractivity contribution in [3.8, 4) is 11.8 Å². The molecule has 0 radical (unpaired) electrons. The molecule has 1 aromatic carbocycles. The number of benzene rings is 1. The summed E-state index contributed by atoms with van der Waals surface area (Å²) in [6, 6.07) is 11.1. The van der Waals surface area contributed by atoms with E-state index in [0.29, 0.717) is 18.0 Å². The van der Waals surface area contributed by atoms with Crippen LogP contribution < -0.4 is 10.5 Å². The molecule has 2 rings (SSSR count). The maximum absolute atomic E-state index is 8.76. The number of anilines is 1. The van der Waals surface area contributed by atoms with Gasteiger partial charge in [0.25, 0.3) is 0 Å². The zero-order chi connectivity index (χ0) is 13.0. The third-order valence-electron chi connectivity index (χ3n) is 2.55. The van der Waals surface area contributed by atoms with Gasteiger partial charge in [-0.25, -0.2) is 4.98 Å². The summed E-state index contributed by atoms with van der Waals surface area (Å²) in [7, 11) is 0. The van der Waals surface area contributed by atoms with E-state index in [1.165, 1.54) is 0 Å². The molecule has 0 aliphatic rings. The van der Waals surface area contributed by atoms with Crippen molar-refractivity contribution in [3.05, 3.63) is 53.3 Å². The van der Waals surface area contributed by atoms with Gasteiger partial charge in [0.05, 0.1) is 0 Å². The molecule has 1 heterocycles. The molecule has 18 heavy (non-hydrogen) atoms. The number of nitrogens with zero attached hydrogens (tertiary/aromatic N) is 2. The zero-order valence-electron chi connectivity index (χ0n) is 10.1. The lowest BCUT2D eigenvalue weighted by atomic mass is 10.2. The number of nitrogens with two attached hydrogens (primary N) is 1. The van der Waals surface area contributed by atoms with E-state index in [1.807, 2.05) is 31.2 Å². The van der Waals surface area contributed by atoms with Gasteiger partial charge in [-0.05, 0) is 36.2 Å². The monoisotopic (exact) mass is 239 g/mol. The van der Waals surface area contributed by atoms with Crippen LogP contribution in [0, 0.1) is 18.3 Å². The second-order valence-corrected chi connectivity index (χ2v) is 3.97. The first-order valence-electron chi connectivity index (χ1n) is 5.53. The van der Waals surface area contributed by atoms with Gasteiger partial charge in [-0.3, -0.25) is 0 Å². The van der Waals surface area contributed by atoms with Gasteiger partial charge in [-0.15, -0.1) is 0 Å². The topological polar surface area (TPSA) is 71.9 Å². The maximum atomic E-state index is 8.76. The minimum absolute atomic E-state index is 0.389. The average molecular weight is 239 g/mol. The summed E-state index contributed by atoms with van der Waals surface area (Å²) < 4.78 is 5.69. The molecule has 0 unspecified atom stereocenters. The zero-order valence-corrected chi connectivity index (χ0v) is 10.1. The van der Waals surface area contributed by atoms with Gasteiger partial charge >= 0.3 is 0 Å². The van der Waals surface area contributed by atoms with Crippen LogP contribution in [0.15, 0.2) is 36.5 Å². The van der Waals surface area contributed by atoms with Crippen molar-refractivity contribution in [3.63, 3.8) is 0 Å². The molecule has 0 atom stereocenters. The van der Waals surface area contributed by atoms with Crippen LogP contribution in [0.3, 0.4) is 0 Å². The molecule has 90 valence electrons. The Balaban J connectivity index is 2.11. The largest absolute Gasteiger partial charge is 0.489 e. The number of hydrogen-bond donors (Lipinski definition) is 1. The van der Waals surface area contributed by atoms with E-state index < -0.39 is 0 Å². The number of rotatable bonds is 3. The molecule has 4 nitrogen and oxygen atoms in total. The molecular formula is C14H13N3O. The Kier molecular flexibility index (Phi) is 3.44. The molecule has 0 bridgehead atoms. The summed E-state index contributed by atoms with van der Waals surface area (Å²) in [6.45, 7) is 2.35. The van der Waals surface area contributed by atoms with Gasteiger partial charge < -0.3 is 10.5 Å². The van der Waals surface area contributed by atoms with Gasteiger partial charge in [0, 0.05) is 18.0 Å². The third kappa shape index (κ3) is 2.77. The van der Waals surface area contributed by atoms with Crippen LogP contribution in [0.25, 0.3) is 0 Å². The summed E-state index contributed by atoms with van der Waals surface area (Å²) >= 11 is 0. The van der Waals surface area contributed by atoms with Gasteiger partial charge in [-0.2, -0.15) is 5.26 Å². The summed E-state index contributed by atoms with van der Waals surface area (Å²) in [5.74, 6) is 0.755. The molecule has 1 aromatic heterocycles. The molecule has 0 spiro atoms. The molecule has 0 aliphatic heterocycles. The van der Waals surface area contributed by atoms with E-state index in [1.54, 1.807) is 18.3 Å². The predicted molar refractivity (Wildman–Crippen MR) is 68.9 cm³/mol. The van der Waals surface area contributed by atoms with Crippen molar-refractivity contribution in [2.75, 3.05) is 5.73 Å². The van der Waals surface area contributed by atoms with Crippen LogP contribution >= 0.6 is 0 Å². The highest BCUT2D eigenvalue weighted by atomic mass is 16.5. The predicted octanol–water partition coefficient (Wildman–Crippen LogP) is 2.42. The molecule has 0 aliphatic carbocycles. The number of nitriles is 1. The Morgan fingerprint density at radius 3 is 2.94 bits per heavy atom. The average Bonchev–Trinajstić information content (AvgIpc) is 2.40. The number of ether oxygens (including phenoxy) is 1. The Morgan fingerprint density at radius 1 is 1.33 bits per heavy atom. The van der Waals surface area contributed by atoms with Crippen LogP contribution in [-0.4, -0.2) is 4.98 Å². The standard InChI is InChI=1S/C14H13N3O/c1-10-2-3-12(16)7-14(10)18-9-11-4-5-17-13(6-11)8-15/h2-7H,9,16H2,1H3. The number of hydrogen-bond acceptors (Lipinski definition) is 4. The highest BCUT2D eigenvalue weighted by Gasteiger charge is 2.02. The van der Waals surface area contributed by atoms with Crippen molar-refractivity contribution in [2.24, 2.45) is 0 Å². The lowest BCUT2D eigenvalue weighted by Crippen LogP contribution is -1.99. The van der Waals surface area contributed by atoms with E-state index in [9.17, 15) is 0 Å². The molecule has 0 fully saturated rings. The van der Waals surface area contributed by atoms with Crippen LogP contribution in [0.2, 0.25) is 0 Å². The van der Waals surface area contributed by atoms with Gasteiger partial charge in [-0.1, -0.05) is 6.07 Å². The minimum Gasteiger partial charge on any atom is -0.489 e. The number of aromatic nitrogens is 1. The van der Waals surface area contributed by atoms with E-state index in [-0.39, 0.29) is 0 Å². The Hall–Kier alpha value is -2.54. The quantitative estimate of drug-likeness (QED) is 0.835. The second kappa shape index (κ2) is 5.19. The second-order valence-electron chi connectivity index (χ2n) is 3.97. The Labute approximate surface area is 106 Å². The van der Waals surface area contributed by atoms with Crippen molar-refractivity contribution >= 4 is 5.69 Å². The molecule has 4 heteroatoms. The first-order valence-corrected chi connectivity index (χ1v) is 5.53. The molecule has 2 N–H and O–H groups in total. The van der Waals surface area contributed by atoms with E-state index in [0.717, 1.165) is 16.9 Å².